The first-order valence-corrected chi connectivity index (χ1v) is 8.33. The monoisotopic (exact) mass is 345 g/mol. The highest BCUT2D eigenvalue weighted by atomic mass is 32.2. The van der Waals surface area contributed by atoms with E-state index in [0.29, 0.717) is 10.0 Å². The predicted molar refractivity (Wildman–Crippen MR) is 89.9 cm³/mol. The predicted octanol–water partition coefficient (Wildman–Crippen LogP) is 2.82. The first-order valence-electron chi connectivity index (χ1n) is 6.63. The van der Waals surface area contributed by atoms with Crippen molar-refractivity contribution in [3.8, 4) is 0 Å². The van der Waals surface area contributed by atoms with Crippen molar-refractivity contribution < 1.29 is 14.4 Å². The molecule has 2 aromatic rings. The summed E-state index contributed by atoms with van der Waals surface area (Å²) in [5, 5.41) is 4.25. The van der Waals surface area contributed by atoms with Crippen molar-refractivity contribution >= 4 is 51.4 Å². The number of amides is 3. The van der Waals surface area contributed by atoms with Crippen molar-refractivity contribution in [2.45, 2.75) is 0 Å². The number of anilines is 1. The van der Waals surface area contributed by atoms with Gasteiger partial charge in [0, 0.05) is 11.6 Å². The third-order valence-electron chi connectivity index (χ3n) is 2.95. The molecule has 6 nitrogen and oxygen atoms in total. The fourth-order valence-electron chi connectivity index (χ4n) is 1.92. The van der Waals surface area contributed by atoms with Crippen molar-refractivity contribution in [2.24, 2.45) is 0 Å². The molecule has 1 aromatic carbocycles. The van der Waals surface area contributed by atoms with Gasteiger partial charge in [-0.1, -0.05) is 30.3 Å². The molecule has 0 unspecified atom stereocenters. The number of nitrogens with one attached hydrogen (secondary N) is 1. The zero-order valence-electron chi connectivity index (χ0n) is 11.8. The largest absolute Gasteiger partial charge is 0.300 e. The summed E-state index contributed by atoms with van der Waals surface area (Å²) in [5.41, 5.74) is 0.824. The Kier molecular flexibility index (Phi) is 4.54. The summed E-state index contributed by atoms with van der Waals surface area (Å²) >= 11 is 2.10. The van der Waals surface area contributed by atoms with Crippen LogP contribution in [0, 0.1) is 0 Å². The van der Waals surface area contributed by atoms with Gasteiger partial charge in [-0.05, 0) is 23.4 Å². The van der Waals surface area contributed by atoms with Crippen molar-refractivity contribution in [3.63, 3.8) is 0 Å². The van der Waals surface area contributed by atoms with Crippen LogP contribution >= 0.6 is 23.1 Å². The number of hydrogen-bond acceptors (Lipinski definition) is 6. The molecule has 1 N–H and O–H groups in total. The molecule has 0 aliphatic carbocycles. The van der Waals surface area contributed by atoms with E-state index in [1.54, 1.807) is 17.7 Å². The number of carbonyl (C=O) groups excluding carboxylic acids is 3. The topological polar surface area (TPSA) is 79.4 Å². The smallest absolute Gasteiger partial charge is 0.294 e. The van der Waals surface area contributed by atoms with Gasteiger partial charge in [0.25, 0.3) is 11.1 Å². The Hall–Kier alpha value is -2.45. The van der Waals surface area contributed by atoms with Crippen molar-refractivity contribution in [2.75, 3.05) is 11.9 Å². The summed E-state index contributed by atoms with van der Waals surface area (Å²) in [6.45, 7) is -0.323. The fraction of sp³-hybridized carbons (Fsp3) is 0.0667. The molecule has 1 aliphatic rings. The highest BCUT2D eigenvalue weighted by Gasteiger charge is 2.36. The van der Waals surface area contributed by atoms with Crippen LogP contribution in [0.3, 0.4) is 0 Å². The summed E-state index contributed by atoms with van der Waals surface area (Å²) < 4.78 is 0. The molecule has 1 saturated heterocycles. The Labute approximate surface area is 140 Å². The average Bonchev–Trinajstić information content (AvgIpc) is 3.13. The van der Waals surface area contributed by atoms with Crippen LogP contribution in [0.1, 0.15) is 5.56 Å². The Bertz CT molecular complexity index is 773. The maximum atomic E-state index is 12.3. The van der Waals surface area contributed by atoms with Crippen LogP contribution in [-0.2, 0) is 9.59 Å². The molecule has 3 rings (SSSR count). The maximum absolute atomic E-state index is 12.3. The van der Waals surface area contributed by atoms with Gasteiger partial charge >= 0.3 is 0 Å². The standard InChI is InChI=1S/C15H11N3O3S2/c19-12(17-14-16-6-7-22-14)9-18-13(20)11(23-15(18)21)8-10-4-2-1-3-5-10/h1-8H,9H2,(H,16,17,19)/b11-8+. The van der Waals surface area contributed by atoms with E-state index in [9.17, 15) is 14.4 Å². The molecule has 1 aromatic heterocycles. The number of aromatic nitrogens is 1. The van der Waals surface area contributed by atoms with Gasteiger partial charge in [-0.3, -0.25) is 19.3 Å². The summed E-state index contributed by atoms with van der Waals surface area (Å²) in [5.74, 6) is -0.915. The van der Waals surface area contributed by atoms with Gasteiger partial charge < -0.3 is 5.32 Å². The second kappa shape index (κ2) is 6.76. The van der Waals surface area contributed by atoms with E-state index in [2.05, 4.69) is 10.3 Å². The van der Waals surface area contributed by atoms with Crippen LogP contribution in [0.15, 0.2) is 46.8 Å². The molecule has 23 heavy (non-hydrogen) atoms. The molecule has 8 heteroatoms. The van der Waals surface area contributed by atoms with E-state index >= 15 is 0 Å². The number of carbonyl (C=O) groups is 3. The first-order chi connectivity index (χ1) is 11.1. The third-order valence-corrected chi connectivity index (χ3v) is 4.55. The second-order valence-corrected chi connectivity index (χ2v) is 6.45. The Morgan fingerprint density at radius 1 is 1.26 bits per heavy atom. The van der Waals surface area contributed by atoms with Crippen LogP contribution in [-0.4, -0.2) is 33.5 Å². The number of hydrogen-bond donors (Lipinski definition) is 1. The highest BCUT2D eigenvalue weighted by molar-refractivity contribution is 8.18. The molecular weight excluding hydrogens is 334 g/mol. The van der Waals surface area contributed by atoms with Crippen molar-refractivity contribution in [3.05, 3.63) is 52.4 Å². The van der Waals surface area contributed by atoms with Gasteiger partial charge in [-0.15, -0.1) is 11.3 Å². The molecule has 2 heterocycles. The Morgan fingerprint density at radius 2 is 2.04 bits per heavy atom. The number of benzene rings is 1. The van der Waals surface area contributed by atoms with Gasteiger partial charge in [0.15, 0.2) is 5.13 Å². The zero-order valence-corrected chi connectivity index (χ0v) is 13.4. The van der Waals surface area contributed by atoms with E-state index in [4.69, 9.17) is 0 Å². The van der Waals surface area contributed by atoms with Gasteiger partial charge in [0.1, 0.15) is 6.54 Å². The first kappa shape index (κ1) is 15.4. The zero-order chi connectivity index (χ0) is 16.2. The van der Waals surface area contributed by atoms with Gasteiger partial charge in [-0.25, -0.2) is 4.98 Å². The van der Waals surface area contributed by atoms with E-state index in [1.165, 1.54) is 11.3 Å². The Morgan fingerprint density at radius 3 is 2.74 bits per heavy atom. The number of thiazole rings is 1. The SMILES string of the molecule is O=C(CN1C(=O)S/C(=C/c2ccccc2)C1=O)Nc1nccs1. The lowest BCUT2D eigenvalue weighted by atomic mass is 10.2. The Balaban J connectivity index is 1.69. The number of nitrogens with zero attached hydrogens (tertiary/aromatic N) is 2. The normalized spacial score (nSPS) is 16.2. The third kappa shape index (κ3) is 3.66. The lowest BCUT2D eigenvalue weighted by Crippen LogP contribution is -2.36. The molecule has 0 atom stereocenters. The van der Waals surface area contributed by atoms with Gasteiger partial charge in [-0.2, -0.15) is 0 Å². The van der Waals surface area contributed by atoms with E-state index in [1.807, 2.05) is 30.3 Å². The van der Waals surface area contributed by atoms with Crippen molar-refractivity contribution in [1.29, 1.82) is 0 Å². The minimum atomic E-state index is -0.460. The summed E-state index contributed by atoms with van der Waals surface area (Å²) in [4.78, 5) is 41.3. The minimum absolute atomic E-state index is 0.309. The molecule has 116 valence electrons. The van der Waals surface area contributed by atoms with Crippen LogP contribution in [0.5, 0.6) is 0 Å². The second-order valence-electron chi connectivity index (χ2n) is 4.56. The quantitative estimate of drug-likeness (QED) is 0.862. The lowest BCUT2D eigenvalue weighted by molar-refractivity contribution is -0.127. The van der Waals surface area contributed by atoms with Crippen LogP contribution in [0.25, 0.3) is 6.08 Å². The van der Waals surface area contributed by atoms with Gasteiger partial charge in [0.05, 0.1) is 4.91 Å². The van der Waals surface area contributed by atoms with E-state index in [-0.39, 0.29) is 6.54 Å². The summed E-state index contributed by atoms with van der Waals surface area (Å²) in [7, 11) is 0. The fourth-order valence-corrected chi connectivity index (χ4v) is 3.31. The number of thioether (sulfide) groups is 1. The molecule has 1 aliphatic heterocycles. The molecule has 0 radical (unpaired) electrons. The number of imide groups is 1. The van der Waals surface area contributed by atoms with Crippen molar-refractivity contribution in [1.82, 2.24) is 9.88 Å². The molecule has 0 spiro atoms. The molecule has 1 fully saturated rings. The number of rotatable bonds is 4. The van der Waals surface area contributed by atoms with E-state index in [0.717, 1.165) is 22.2 Å². The average molecular weight is 345 g/mol. The van der Waals surface area contributed by atoms with E-state index < -0.39 is 17.1 Å². The summed E-state index contributed by atoms with van der Waals surface area (Å²) in [6.07, 6.45) is 3.20. The molecule has 0 saturated carbocycles. The van der Waals surface area contributed by atoms with Crippen LogP contribution < -0.4 is 5.32 Å². The minimum Gasteiger partial charge on any atom is -0.300 e. The van der Waals surface area contributed by atoms with Gasteiger partial charge in [0.2, 0.25) is 5.91 Å². The lowest BCUT2D eigenvalue weighted by Gasteiger charge is -2.11. The van der Waals surface area contributed by atoms with Crippen LogP contribution in [0.4, 0.5) is 9.93 Å². The molecule has 0 bridgehead atoms. The molecule has 3 amide bonds. The highest BCUT2D eigenvalue weighted by Crippen LogP contribution is 2.32. The maximum Gasteiger partial charge on any atom is 0.294 e. The van der Waals surface area contributed by atoms with Crippen LogP contribution in [0.2, 0.25) is 0 Å². The summed E-state index contributed by atoms with van der Waals surface area (Å²) in [6, 6.07) is 9.23. The molecular formula is C15H11N3O3S2.